The highest BCUT2D eigenvalue weighted by molar-refractivity contribution is 6.30. The number of nitrogens with one attached hydrogen (secondary N) is 1. The number of aromatic amines is 1. The zero-order valence-electron chi connectivity index (χ0n) is 13.6. The van der Waals surface area contributed by atoms with Gasteiger partial charge in [0.25, 0.3) is 5.91 Å². The van der Waals surface area contributed by atoms with Crippen LogP contribution in [0.25, 0.3) is 11.0 Å². The maximum absolute atomic E-state index is 12.7. The number of carbonyl (C=O) groups is 1. The molecule has 6 heteroatoms. The maximum atomic E-state index is 12.7. The number of nitrogens with zero attached hydrogens (tertiary/aromatic N) is 2. The lowest BCUT2D eigenvalue weighted by Crippen LogP contribution is -2.41. The molecule has 4 rings (SSSR count). The molecule has 128 valence electrons. The lowest BCUT2D eigenvalue weighted by atomic mass is 10.1. The molecule has 0 atom stereocenters. The Morgan fingerprint density at radius 2 is 1.96 bits per heavy atom. The van der Waals surface area contributed by atoms with Crippen molar-refractivity contribution < 1.29 is 9.53 Å². The average molecular weight is 356 g/mol. The number of hydrogen-bond donors (Lipinski definition) is 1. The van der Waals surface area contributed by atoms with Gasteiger partial charge in [-0.15, -0.1) is 0 Å². The van der Waals surface area contributed by atoms with Gasteiger partial charge in [0.1, 0.15) is 23.2 Å². The number of amides is 1. The minimum Gasteiger partial charge on any atom is -0.490 e. The molecule has 1 amide bonds. The first-order valence-corrected chi connectivity index (χ1v) is 8.72. The van der Waals surface area contributed by atoms with Crippen LogP contribution in [-0.4, -0.2) is 40.0 Å². The van der Waals surface area contributed by atoms with E-state index in [1.165, 1.54) is 0 Å². The van der Waals surface area contributed by atoms with Crippen molar-refractivity contribution in [3.05, 3.63) is 59.4 Å². The van der Waals surface area contributed by atoms with Crippen LogP contribution in [0.4, 0.5) is 0 Å². The molecule has 1 fully saturated rings. The van der Waals surface area contributed by atoms with Gasteiger partial charge >= 0.3 is 0 Å². The third kappa shape index (κ3) is 3.46. The van der Waals surface area contributed by atoms with E-state index in [1.54, 1.807) is 6.20 Å². The van der Waals surface area contributed by atoms with Crippen molar-refractivity contribution in [2.75, 3.05) is 13.1 Å². The summed E-state index contributed by atoms with van der Waals surface area (Å²) in [6, 6.07) is 13.1. The van der Waals surface area contributed by atoms with Gasteiger partial charge in [-0.2, -0.15) is 0 Å². The SMILES string of the molecule is O=C(c1cc2cccnc2[nH]1)N1CCC(Oc2ccc(Cl)cc2)CC1. The summed E-state index contributed by atoms with van der Waals surface area (Å²) < 4.78 is 5.98. The highest BCUT2D eigenvalue weighted by Gasteiger charge is 2.25. The molecule has 5 nitrogen and oxygen atoms in total. The first-order chi connectivity index (χ1) is 12.2. The van der Waals surface area contributed by atoms with Crippen molar-refractivity contribution in [3.63, 3.8) is 0 Å². The quantitative estimate of drug-likeness (QED) is 0.775. The second kappa shape index (κ2) is 6.76. The number of halogens is 1. The fraction of sp³-hybridized carbons (Fsp3) is 0.263. The minimum absolute atomic E-state index is 0.0166. The topological polar surface area (TPSA) is 58.2 Å². The third-order valence-electron chi connectivity index (χ3n) is 4.47. The van der Waals surface area contributed by atoms with Crippen molar-refractivity contribution in [2.24, 2.45) is 0 Å². The van der Waals surface area contributed by atoms with E-state index in [-0.39, 0.29) is 12.0 Å². The van der Waals surface area contributed by atoms with Crippen LogP contribution in [0.1, 0.15) is 23.3 Å². The second-order valence-corrected chi connectivity index (χ2v) is 6.62. The first-order valence-electron chi connectivity index (χ1n) is 8.34. The largest absolute Gasteiger partial charge is 0.490 e. The molecule has 25 heavy (non-hydrogen) atoms. The molecule has 0 spiro atoms. The second-order valence-electron chi connectivity index (χ2n) is 6.19. The molecule has 0 aliphatic carbocycles. The van der Waals surface area contributed by atoms with Crippen LogP contribution in [-0.2, 0) is 0 Å². The summed E-state index contributed by atoms with van der Waals surface area (Å²) in [4.78, 5) is 21.9. The van der Waals surface area contributed by atoms with E-state index in [2.05, 4.69) is 9.97 Å². The van der Waals surface area contributed by atoms with Gasteiger partial charge in [-0.3, -0.25) is 4.79 Å². The molecular formula is C19H18ClN3O2. The molecule has 1 aromatic carbocycles. The van der Waals surface area contributed by atoms with Gasteiger partial charge in [0, 0.05) is 42.5 Å². The van der Waals surface area contributed by atoms with E-state index < -0.39 is 0 Å². The summed E-state index contributed by atoms with van der Waals surface area (Å²) in [5.41, 5.74) is 1.33. The zero-order valence-corrected chi connectivity index (χ0v) is 14.4. The Labute approximate surface area is 150 Å². The van der Waals surface area contributed by atoms with Gasteiger partial charge in [0.05, 0.1) is 0 Å². The third-order valence-corrected chi connectivity index (χ3v) is 4.72. The van der Waals surface area contributed by atoms with Gasteiger partial charge in [0.2, 0.25) is 0 Å². The number of hydrogen-bond acceptors (Lipinski definition) is 3. The monoisotopic (exact) mass is 355 g/mol. The zero-order chi connectivity index (χ0) is 17.2. The Bertz CT molecular complexity index is 850. The van der Waals surface area contributed by atoms with Crippen LogP contribution in [0.5, 0.6) is 5.75 Å². The molecule has 0 radical (unpaired) electrons. The number of H-pyrrole nitrogens is 1. The first kappa shape index (κ1) is 16.0. The van der Waals surface area contributed by atoms with E-state index in [9.17, 15) is 4.79 Å². The summed E-state index contributed by atoms with van der Waals surface area (Å²) in [7, 11) is 0. The molecule has 1 N–H and O–H groups in total. The number of benzene rings is 1. The fourth-order valence-corrected chi connectivity index (χ4v) is 3.25. The van der Waals surface area contributed by atoms with E-state index in [0.717, 1.165) is 29.6 Å². The van der Waals surface area contributed by atoms with Crippen LogP contribution < -0.4 is 4.74 Å². The maximum Gasteiger partial charge on any atom is 0.270 e. The van der Waals surface area contributed by atoms with Crippen molar-refractivity contribution in [2.45, 2.75) is 18.9 Å². The molecule has 1 aliphatic heterocycles. The number of aromatic nitrogens is 2. The van der Waals surface area contributed by atoms with Crippen LogP contribution in [0.2, 0.25) is 5.02 Å². The molecule has 0 saturated carbocycles. The van der Waals surface area contributed by atoms with Crippen molar-refractivity contribution in [1.82, 2.24) is 14.9 Å². The summed E-state index contributed by atoms with van der Waals surface area (Å²) in [6.07, 6.45) is 3.46. The Kier molecular flexibility index (Phi) is 4.32. The average Bonchev–Trinajstić information content (AvgIpc) is 3.08. The molecule has 2 aromatic heterocycles. The van der Waals surface area contributed by atoms with E-state index in [0.29, 0.717) is 23.8 Å². The molecule has 3 heterocycles. The lowest BCUT2D eigenvalue weighted by molar-refractivity contribution is 0.0591. The van der Waals surface area contributed by atoms with E-state index >= 15 is 0 Å². The summed E-state index contributed by atoms with van der Waals surface area (Å²) in [5.74, 6) is 0.832. The van der Waals surface area contributed by atoms with Crippen LogP contribution >= 0.6 is 11.6 Å². The van der Waals surface area contributed by atoms with Crippen molar-refractivity contribution in [3.8, 4) is 5.75 Å². The summed E-state index contributed by atoms with van der Waals surface area (Å²) in [6.45, 7) is 1.36. The Balaban J connectivity index is 1.37. The van der Waals surface area contributed by atoms with Gasteiger partial charge < -0.3 is 14.6 Å². The van der Waals surface area contributed by atoms with Gasteiger partial charge in [-0.1, -0.05) is 11.6 Å². The molecule has 3 aromatic rings. The fourth-order valence-electron chi connectivity index (χ4n) is 3.13. The molecule has 1 saturated heterocycles. The molecule has 0 bridgehead atoms. The molecular weight excluding hydrogens is 338 g/mol. The number of fused-ring (bicyclic) bond motifs is 1. The van der Waals surface area contributed by atoms with Crippen molar-refractivity contribution >= 4 is 28.5 Å². The molecule has 1 aliphatic rings. The highest BCUT2D eigenvalue weighted by atomic mass is 35.5. The van der Waals surface area contributed by atoms with Crippen molar-refractivity contribution in [1.29, 1.82) is 0 Å². The Morgan fingerprint density at radius 3 is 2.68 bits per heavy atom. The number of ether oxygens (including phenoxy) is 1. The van der Waals surface area contributed by atoms with E-state index in [4.69, 9.17) is 16.3 Å². The Hall–Kier alpha value is -2.53. The van der Waals surface area contributed by atoms with Gasteiger partial charge in [-0.05, 0) is 42.5 Å². The van der Waals surface area contributed by atoms with Gasteiger partial charge in [0.15, 0.2) is 0 Å². The number of piperidine rings is 1. The predicted octanol–water partition coefficient (Wildman–Crippen LogP) is 3.90. The standard InChI is InChI=1S/C19H18ClN3O2/c20-14-3-5-15(6-4-14)25-16-7-10-23(11-8-16)19(24)17-12-13-2-1-9-21-18(13)22-17/h1-6,9,12,16H,7-8,10-11H2,(H,21,22). The molecule has 0 unspecified atom stereocenters. The normalized spacial score (nSPS) is 15.5. The summed E-state index contributed by atoms with van der Waals surface area (Å²) in [5, 5.41) is 1.65. The van der Waals surface area contributed by atoms with Crippen LogP contribution in [0, 0.1) is 0 Å². The number of carbonyl (C=O) groups excluding carboxylic acids is 1. The number of rotatable bonds is 3. The number of pyridine rings is 1. The van der Waals surface area contributed by atoms with E-state index in [1.807, 2.05) is 47.4 Å². The van der Waals surface area contributed by atoms with Crippen LogP contribution in [0.15, 0.2) is 48.7 Å². The predicted molar refractivity (Wildman–Crippen MR) is 97.1 cm³/mol. The smallest absolute Gasteiger partial charge is 0.270 e. The van der Waals surface area contributed by atoms with Gasteiger partial charge in [-0.25, -0.2) is 4.98 Å². The Morgan fingerprint density at radius 1 is 1.20 bits per heavy atom. The highest BCUT2D eigenvalue weighted by Crippen LogP contribution is 2.22. The lowest BCUT2D eigenvalue weighted by Gasteiger charge is -2.32. The van der Waals surface area contributed by atoms with Crippen LogP contribution in [0.3, 0.4) is 0 Å². The number of likely N-dealkylation sites (tertiary alicyclic amines) is 1. The minimum atomic E-state index is 0.0166. The summed E-state index contributed by atoms with van der Waals surface area (Å²) >= 11 is 5.89.